The molecule has 0 spiro atoms. The van der Waals surface area contributed by atoms with Crippen molar-refractivity contribution in [1.29, 1.82) is 0 Å². The number of rotatable bonds is 5. The number of hydrogen-bond donors (Lipinski definition) is 0. The molecule has 0 heterocycles. The van der Waals surface area contributed by atoms with E-state index in [9.17, 15) is 23.7 Å². The van der Waals surface area contributed by atoms with Crippen molar-refractivity contribution in [3.63, 3.8) is 0 Å². The van der Waals surface area contributed by atoms with Crippen molar-refractivity contribution in [3.8, 4) is 11.5 Å². The van der Waals surface area contributed by atoms with Gasteiger partial charge in [-0.15, -0.1) is 0 Å². The third-order valence-electron chi connectivity index (χ3n) is 4.08. The topological polar surface area (TPSA) is 78.7 Å². The van der Waals surface area contributed by atoms with Crippen LogP contribution in [0.2, 0.25) is 5.02 Å². The van der Waals surface area contributed by atoms with Crippen LogP contribution in [0, 0.1) is 10.1 Å². The molecule has 0 bridgehead atoms. The average molecular weight is 396 g/mol. The molecule has 0 N–H and O–H groups in total. The summed E-state index contributed by atoms with van der Waals surface area (Å²) in [5.74, 6) is -0.882. The molecule has 0 amide bonds. The molecule has 2 aromatic carbocycles. The van der Waals surface area contributed by atoms with Crippen LogP contribution in [0.1, 0.15) is 21.5 Å². The SMILES string of the molecule is COc1cc(/C=C2/Cc3c(Cl)cccc3C2=O)c([N+](=O)[O-])cc1OC(F)F. The molecule has 140 valence electrons. The molecular weight excluding hydrogens is 384 g/mol. The standard InChI is InChI=1S/C18H12ClF2NO5/c1-26-15-7-9(14(22(24)25)8-16(15)27-18(20)21)5-10-6-12-11(17(10)23)3-2-4-13(12)19/h2-5,7-8,18H,6H2,1H3/b10-5-. The van der Waals surface area contributed by atoms with Crippen molar-refractivity contribution in [2.45, 2.75) is 13.0 Å². The Morgan fingerprint density at radius 1 is 1.30 bits per heavy atom. The van der Waals surface area contributed by atoms with Crippen LogP contribution in [-0.4, -0.2) is 24.4 Å². The van der Waals surface area contributed by atoms with Gasteiger partial charge in [-0.2, -0.15) is 8.78 Å². The van der Waals surface area contributed by atoms with Crippen LogP contribution in [0.15, 0.2) is 35.9 Å². The van der Waals surface area contributed by atoms with E-state index in [1.807, 2.05) is 0 Å². The minimum Gasteiger partial charge on any atom is -0.493 e. The zero-order valence-electron chi connectivity index (χ0n) is 13.9. The number of Topliss-reactive ketones (excluding diaryl/α,β-unsaturated/α-hetero) is 1. The van der Waals surface area contributed by atoms with E-state index in [0.717, 1.165) is 6.07 Å². The van der Waals surface area contributed by atoms with Gasteiger partial charge >= 0.3 is 6.61 Å². The lowest BCUT2D eigenvalue weighted by atomic mass is 10.1. The number of carbonyl (C=O) groups excluding carboxylic acids is 1. The third kappa shape index (κ3) is 3.61. The Labute approximate surface area is 157 Å². The molecule has 2 aromatic rings. The number of carbonyl (C=O) groups is 1. The molecule has 0 radical (unpaired) electrons. The molecule has 0 unspecified atom stereocenters. The third-order valence-corrected chi connectivity index (χ3v) is 4.43. The Balaban J connectivity index is 2.09. The van der Waals surface area contributed by atoms with E-state index in [0.29, 0.717) is 21.7 Å². The molecular formula is C18H12ClF2NO5. The smallest absolute Gasteiger partial charge is 0.387 e. The molecule has 1 aliphatic rings. The molecule has 6 nitrogen and oxygen atoms in total. The Morgan fingerprint density at radius 2 is 2.04 bits per heavy atom. The molecule has 1 aliphatic carbocycles. The maximum Gasteiger partial charge on any atom is 0.387 e. The van der Waals surface area contributed by atoms with Crippen molar-refractivity contribution in [2.75, 3.05) is 7.11 Å². The van der Waals surface area contributed by atoms with E-state index in [-0.39, 0.29) is 23.5 Å². The van der Waals surface area contributed by atoms with Gasteiger partial charge in [0.25, 0.3) is 5.69 Å². The summed E-state index contributed by atoms with van der Waals surface area (Å²) in [6.45, 7) is -3.17. The fraction of sp³-hybridized carbons (Fsp3) is 0.167. The van der Waals surface area contributed by atoms with Gasteiger partial charge in [0.15, 0.2) is 17.3 Å². The van der Waals surface area contributed by atoms with Gasteiger partial charge in [-0.1, -0.05) is 23.7 Å². The maximum absolute atomic E-state index is 12.5. The Kier molecular flexibility index (Phi) is 5.09. The summed E-state index contributed by atoms with van der Waals surface area (Å²) < 4.78 is 34.3. The summed E-state index contributed by atoms with van der Waals surface area (Å²) in [7, 11) is 1.22. The monoisotopic (exact) mass is 395 g/mol. The normalized spacial score (nSPS) is 14.6. The number of ether oxygens (including phenoxy) is 2. The van der Waals surface area contributed by atoms with Gasteiger partial charge < -0.3 is 9.47 Å². The highest BCUT2D eigenvalue weighted by Gasteiger charge is 2.28. The van der Waals surface area contributed by atoms with Gasteiger partial charge in [-0.05, 0) is 23.8 Å². The second kappa shape index (κ2) is 7.32. The molecule has 0 fully saturated rings. The fourth-order valence-corrected chi connectivity index (χ4v) is 3.13. The molecule has 0 aliphatic heterocycles. The molecule has 3 rings (SSSR count). The van der Waals surface area contributed by atoms with E-state index >= 15 is 0 Å². The molecule has 9 heteroatoms. The average Bonchev–Trinajstić information content (AvgIpc) is 2.93. The van der Waals surface area contributed by atoms with Crippen LogP contribution < -0.4 is 9.47 Å². The van der Waals surface area contributed by atoms with Crippen LogP contribution in [0.5, 0.6) is 11.5 Å². The van der Waals surface area contributed by atoms with Gasteiger partial charge in [-0.25, -0.2) is 0 Å². The number of halogens is 3. The summed E-state index contributed by atoms with van der Waals surface area (Å²) in [6.07, 6.45) is 1.55. The molecule has 0 saturated heterocycles. The van der Waals surface area contributed by atoms with Gasteiger partial charge in [0.1, 0.15) is 0 Å². The van der Waals surface area contributed by atoms with E-state index in [4.69, 9.17) is 16.3 Å². The lowest BCUT2D eigenvalue weighted by molar-refractivity contribution is -0.385. The molecule has 0 saturated carbocycles. The number of nitro groups is 1. The number of ketones is 1. The largest absolute Gasteiger partial charge is 0.493 e. The predicted molar refractivity (Wildman–Crippen MR) is 93.7 cm³/mol. The van der Waals surface area contributed by atoms with Crippen LogP contribution >= 0.6 is 11.6 Å². The van der Waals surface area contributed by atoms with Crippen LogP contribution in [0.4, 0.5) is 14.5 Å². The van der Waals surface area contributed by atoms with Crippen LogP contribution in [0.25, 0.3) is 6.08 Å². The summed E-state index contributed by atoms with van der Waals surface area (Å²) in [4.78, 5) is 23.2. The number of nitro benzene ring substituents is 1. The van der Waals surface area contributed by atoms with Gasteiger partial charge in [0.2, 0.25) is 0 Å². The van der Waals surface area contributed by atoms with Crippen molar-refractivity contribution < 1.29 is 28.0 Å². The summed E-state index contributed by atoms with van der Waals surface area (Å²) in [5.41, 5.74) is 0.911. The lowest BCUT2D eigenvalue weighted by Gasteiger charge is -2.11. The van der Waals surface area contributed by atoms with E-state index in [1.54, 1.807) is 18.2 Å². The highest BCUT2D eigenvalue weighted by molar-refractivity contribution is 6.33. The predicted octanol–water partition coefficient (Wildman–Crippen LogP) is 4.68. The highest BCUT2D eigenvalue weighted by Crippen LogP contribution is 2.38. The highest BCUT2D eigenvalue weighted by atomic mass is 35.5. The van der Waals surface area contributed by atoms with Gasteiger partial charge in [0, 0.05) is 22.6 Å². The minimum absolute atomic E-state index is 0.0331. The number of allylic oxidation sites excluding steroid dienone is 1. The number of nitrogens with zero attached hydrogens (tertiary/aromatic N) is 1. The number of methoxy groups -OCH3 is 1. The van der Waals surface area contributed by atoms with Crippen molar-refractivity contribution in [2.24, 2.45) is 0 Å². The first-order valence-electron chi connectivity index (χ1n) is 7.65. The van der Waals surface area contributed by atoms with Crippen LogP contribution in [0.3, 0.4) is 0 Å². The maximum atomic E-state index is 12.5. The zero-order chi connectivity index (χ0) is 19.7. The van der Waals surface area contributed by atoms with Crippen molar-refractivity contribution >= 4 is 29.1 Å². The first kappa shape index (κ1) is 18.8. The lowest BCUT2D eigenvalue weighted by Crippen LogP contribution is -2.05. The van der Waals surface area contributed by atoms with Crippen molar-refractivity contribution in [3.05, 3.63) is 67.7 Å². The van der Waals surface area contributed by atoms with Gasteiger partial charge in [0.05, 0.1) is 23.7 Å². The van der Waals surface area contributed by atoms with E-state index in [2.05, 4.69) is 4.74 Å². The first-order valence-corrected chi connectivity index (χ1v) is 8.03. The molecule has 27 heavy (non-hydrogen) atoms. The minimum atomic E-state index is -3.17. The van der Waals surface area contributed by atoms with E-state index in [1.165, 1.54) is 19.3 Å². The Hall–Kier alpha value is -3.00. The second-order valence-electron chi connectivity index (χ2n) is 5.64. The summed E-state index contributed by atoms with van der Waals surface area (Å²) in [6, 6.07) is 6.94. The van der Waals surface area contributed by atoms with Crippen molar-refractivity contribution in [1.82, 2.24) is 0 Å². The quantitative estimate of drug-likeness (QED) is 0.417. The number of benzene rings is 2. The Morgan fingerprint density at radius 3 is 2.63 bits per heavy atom. The molecule has 0 aromatic heterocycles. The second-order valence-corrected chi connectivity index (χ2v) is 6.05. The fourth-order valence-electron chi connectivity index (χ4n) is 2.89. The Bertz CT molecular complexity index is 974. The van der Waals surface area contributed by atoms with E-state index < -0.39 is 23.0 Å². The first-order chi connectivity index (χ1) is 12.8. The number of alkyl halides is 2. The molecule has 0 atom stereocenters. The zero-order valence-corrected chi connectivity index (χ0v) is 14.6. The van der Waals surface area contributed by atoms with Crippen LogP contribution in [-0.2, 0) is 6.42 Å². The number of hydrogen-bond acceptors (Lipinski definition) is 5. The van der Waals surface area contributed by atoms with Gasteiger partial charge in [-0.3, -0.25) is 14.9 Å². The number of fused-ring (bicyclic) bond motifs is 1. The summed E-state index contributed by atoms with van der Waals surface area (Å²) in [5, 5.41) is 11.8. The summed E-state index contributed by atoms with van der Waals surface area (Å²) >= 11 is 6.11.